The topological polar surface area (TPSA) is 0 Å². The van der Waals surface area contributed by atoms with Gasteiger partial charge in [0.25, 0.3) is 0 Å². The molecule has 3 aromatic rings. The molecule has 2 unspecified atom stereocenters. The molecule has 30 heavy (non-hydrogen) atoms. The van der Waals surface area contributed by atoms with E-state index in [4.69, 9.17) is 0 Å². The fourth-order valence-electron chi connectivity index (χ4n) is 5.22. The van der Waals surface area contributed by atoms with Gasteiger partial charge in [0.15, 0.2) is 0 Å². The van der Waals surface area contributed by atoms with E-state index < -0.39 is 0 Å². The van der Waals surface area contributed by atoms with Gasteiger partial charge in [-0.25, -0.2) is 0 Å². The summed E-state index contributed by atoms with van der Waals surface area (Å²) in [6.07, 6.45) is 13.1. The average molecular weight is 403 g/mol. The Morgan fingerprint density at radius 2 is 0.900 bits per heavy atom. The maximum Gasteiger partial charge on any atom is -0.0102 e. The van der Waals surface area contributed by atoms with Crippen LogP contribution >= 0.6 is 0 Å². The summed E-state index contributed by atoms with van der Waals surface area (Å²) in [6.45, 7) is 9.42. The van der Waals surface area contributed by atoms with E-state index in [1.54, 1.807) is 11.1 Å². The standard InChI is InChI=1S/C30H42/c1-5-9-15-23(7-3)21-29-27-19-13-11-17-25(27)26-18-12-14-20-28(26)30(29)22-24(8-4)16-10-6-2/h11-14,17-20,23-24H,5-10,15-16,21-22H2,1-4H3. The molecule has 0 fully saturated rings. The number of benzene rings is 3. The van der Waals surface area contributed by atoms with Crippen molar-refractivity contribution in [2.45, 2.75) is 91.9 Å². The number of unbranched alkanes of at least 4 members (excludes halogenated alkanes) is 2. The van der Waals surface area contributed by atoms with E-state index in [1.165, 1.54) is 85.8 Å². The molecule has 0 bridgehead atoms. The molecule has 0 saturated carbocycles. The third-order valence-electron chi connectivity index (χ3n) is 7.23. The molecule has 0 aliphatic rings. The number of rotatable bonds is 12. The SMILES string of the molecule is CCCCC(CC)Cc1c(CC(CC)CCCC)c2ccccc2c2ccccc12. The van der Waals surface area contributed by atoms with Crippen molar-refractivity contribution in [3.8, 4) is 0 Å². The Balaban J connectivity index is 2.16. The number of hydrogen-bond acceptors (Lipinski definition) is 0. The van der Waals surface area contributed by atoms with E-state index in [2.05, 4.69) is 76.2 Å². The predicted molar refractivity (Wildman–Crippen MR) is 135 cm³/mol. The van der Waals surface area contributed by atoms with Gasteiger partial charge in [0.2, 0.25) is 0 Å². The molecule has 0 aromatic heterocycles. The molecule has 3 rings (SSSR count). The van der Waals surface area contributed by atoms with Crippen LogP contribution in [-0.4, -0.2) is 0 Å². The zero-order valence-electron chi connectivity index (χ0n) is 19.8. The van der Waals surface area contributed by atoms with Crippen molar-refractivity contribution in [3.63, 3.8) is 0 Å². The van der Waals surface area contributed by atoms with E-state index in [0.717, 1.165) is 11.8 Å². The zero-order valence-corrected chi connectivity index (χ0v) is 19.8. The summed E-state index contributed by atoms with van der Waals surface area (Å²) in [7, 11) is 0. The molecule has 0 spiro atoms. The van der Waals surface area contributed by atoms with Crippen molar-refractivity contribution in [2.75, 3.05) is 0 Å². The van der Waals surface area contributed by atoms with Crippen molar-refractivity contribution >= 4 is 21.5 Å². The molecule has 3 aromatic carbocycles. The number of fused-ring (bicyclic) bond motifs is 3. The van der Waals surface area contributed by atoms with Gasteiger partial charge in [-0.15, -0.1) is 0 Å². The van der Waals surface area contributed by atoms with Gasteiger partial charge in [0.1, 0.15) is 0 Å². The lowest BCUT2D eigenvalue weighted by Crippen LogP contribution is -2.11. The lowest BCUT2D eigenvalue weighted by atomic mass is 9.80. The average Bonchev–Trinajstić information content (AvgIpc) is 2.80. The fraction of sp³-hybridized carbons (Fsp3) is 0.533. The Morgan fingerprint density at radius 3 is 1.23 bits per heavy atom. The van der Waals surface area contributed by atoms with E-state index in [1.807, 2.05) is 0 Å². The first-order valence-electron chi connectivity index (χ1n) is 12.6. The number of hydrogen-bond donors (Lipinski definition) is 0. The van der Waals surface area contributed by atoms with Gasteiger partial charge in [-0.1, -0.05) is 128 Å². The molecule has 0 radical (unpaired) electrons. The highest BCUT2D eigenvalue weighted by molar-refractivity contribution is 6.10. The molecule has 0 saturated heterocycles. The van der Waals surface area contributed by atoms with E-state index >= 15 is 0 Å². The van der Waals surface area contributed by atoms with Crippen LogP contribution in [-0.2, 0) is 12.8 Å². The van der Waals surface area contributed by atoms with Crippen molar-refractivity contribution in [1.82, 2.24) is 0 Å². The molecule has 0 heteroatoms. The Kier molecular flexibility index (Phi) is 8.79. The molecule has 0 heterocycles. The molecule has 162 valence electrons. The second-order valence-corrected chi connectivity index (χ2v) is 9.29. The predicted octanol–water partition coefficient (Wildman–Crippen LogP) is 9.51. The molecule has 0 nitrogen and oxygen atoms in total. The summed E-state index contributed by atoms with van der Waals surface area (Å²) in [5, 5.41) is 5.90. The van der Waals surface area contributed by atoms with Gasteiger partial charge in [-0.2, -0.15) is 0 Å². The first kappa shape index (κ1) is 22.9. The Bertz CT molecular complexity index is 843. The highest BCUT2D eigenvalue weighted by Gasteiger charge is 2.19. The van der Waals surface area contributed by atoms with E-state index in [0.29, 0.717) is 0 Å². The first-order valence-corrected chi connectivity index (χ1v) is 12.6. The lowest BCUT2D eigenvalue weighted by molar-refractivity contribution is 0.436. The van der Waals surface area contributed by atoms with Gasteiger partial charge >= 0.3 is 0 Å². The minimum absolute atomic E-state index is 0.795. The van der Waals surface area contributed by atoms with Crippen LogP contribution in [0.4, 0.5) is 0 Å². The summed E-state index contributed by atoms with van der Waals surface area (Å²) in [5.41, 5.74) is 3.31. The Hall–Kier alpha value is -1.82. The van der Waals surface area contributed by atoms with E-state index in [-0.39, 0.29) is 0 Å². The normalized spacial score (nSPS) is 13.7. The summed E-state index contributed by atoms with van der Waals surface area (Å²) in [5.74, 6) is 1.59. The molecule has 0 N–H and O–H groups in total. The monoisotopic (exact) mass is 402 g/mol. The van der Waals surface area contributed by atoms with Crippen LogP contribution in [0.5, 0.6) is 0 Å². The Labute approximate surface area is 185 Å². The highest BCUT2D eigenvalue weighted by Crippen LogP contribution is 2.37. The lowest BCUT2D eigenvalue weighted by Gasteiger charge is -2.24. The molecule has 0 aliphatic heterocycles. The van der Waals surface area contributed by atoms with Gasteiger partial charge < -0.3 is 0 Å². The maximum atomic E-state index is 2.39. The molecule has 0 amide bonds. The van der Waals surface area contributed by atoms with Crippen LogP contribution in [0.15, 0.2) is 48.5 Å². The van der Waals surface area contributed by atoms with Crippen molar-refractivity contribution in [3.05, 3.63) is 59.7 Å². The van der Waals surface area contributed by atoms with E-state index in [9.17, 15) is 0 Å². The summed E-state index contributed by atoms with van der Waals surface area (Å²) >= 11 is 0. The van der Waals surface area contributed by atoms with Crippen LogP contribution in [0.25, 0.3) is 21.5 Å². The maximum absolute atomic E-state index is 2.39. The third kappa shape index (κ3) is 5.26. The van der Waals surface area contributed by atoms with Crippen LogP contribution in [0.1, 0.15) is 90.2 Å². The van der Waals surface area contributed by atoms with Crippen LogP contribution in [0, 0.1) is 11.8 Å². The van der Waals surface area contributed by atoms with Crippen molar-refractivity contribution in [1.29, 1.82) is 0 Å². The smallest absolute Gasteiger partial charge is 0.0102 e. The Morgan fingerprint density at radius 1 is 0.533 bits per heavy atom. The fourth-order valence-corrected chi connectivity index (χ4v) is 5.22. The van der Waals surface area contributed by atoms with Crippen molar-refractivity contribution in [2.24, 2.45) is 11.8 Å². The summed E-state index contributed by atoms with van der Waals surface area (Å²) in [4.78, 5) is 0. The highest BCUT2D eigenvalue weighted by atomic mass is 14.2. The second-order valence-electron chi connectivity index (χ2n) is 9.29. The van der Waals surface area contributed by atoms with Gasteiger partial charge in [-0.3, -0.25) is 0 Å². The largest absolute Gasteiger partial charge is 0.0654 e. The van der Waals surface area contributed by atoms with Crippen LogP contribution < -0.4 is 0 Å². The van der Waals surface area contributed by atoms with Crippen LogP contribution in [0.3, 0.4) is 0 Å². The van der Waals surface area contributed by atoms with Gasteiger partial charge in [0, 0.05) is 0 Å². The quantitative estimate of drug-likeness (QED) is 0.264. The minimum atomic E-state index is 0.795. The summed E-state index contributed by atoms with van der Waals surface area (Å²) in [6, 6.07) is 18.4. The second kappa shape index (κ2) is 11.5. The third-order valence-corrected chi connectivity index (χ3v) is 7.23. The molecular formula is C30H42. The molecule has 2 atom stereocenters. The zero-order chi connectivity index (χ0) is 21.3. The first-order chi connectivity index (χ1) is 14.7. The molecule has 0 aliphatic carbocycles. The van der Waals surface area contributed by atoms with Gasteiger partial charge in [0.05, 0.1) is 0 Å². The molecular weight excluding hydrogens is 360 g/mol. The van der Waals surface area contributed by atoms with Crippen molar-refractivity contribution < 1.29 is 0 Å². The van der Waals surface area contributed by atoms with Gasteiger partial charge in [-0.05, 0) is 57.3 Å². The summed E-state index contributed by atoms with van der Waals surface area (Å²) < 4.78 is 0. The minimum Gasteiger partial charge on any atom is -0.0654 e. The van der Waals surface area contributed by atoms with Crippen LogP contribution in [0.2, 0.25) is 0 Å².